The summed E-state index contributed by atoms with van der Waals surface area (Å²) in [6.45, 7) is 8.32. The number of rotatable bonds is 3. The Kier molecular flexibility index (Phi) is 5.39. The van der Waals surface area contributed by atoms with E-state index >= 15 is 0 Å². The Morgan fingerprint density at radius 3 is 1.45 bits per heavy atom. The lowest BCUT2D eigenvalue weighted by atomic mass is 10.0. The van der Waals surface area contributed by atoms with Crippen LogP contribution in [0.25, 0.3) is 0 Å². The van der Waals surface area contributed by atoms with Gasteiger partial charge in [-0.3, -0.25) is 0 Å². The molecular weight excluding hydrogens is 263 g/mol. The SMILES string of the molecule is C[P+](C1CCCCC1)(N1CCCCC1)N1CCCCC1. The van der Waals surface area contributed by atoms with Crippen molar-refractivity contribution in [3.8, 4) is 0 Å². The standard InChI is InChI=1S/C17H34N2P/c1-20(17-11-5-2-6-12-17,18-13-7-3-8-14-18)19-15-9-4-10-16-19/h17H,2-16H2,1H3/q+1. The Balaban J connectivity index is 1.79. The maximum atomic E-state index is 3.00. The largest absolute Gasteiger partial charge is 0.164 e. The number of piperidine rings is 2. The van der Waals surface area contributed by atoms with E-state index in [0.717, 1.165) is 5.66 Å². The van der Waals surface area contributed by atoms with Crippen LogP contribution in [0.2, 0.25) is 0 Å². The van der Waals surface area contributed by atoms with Crippen molar-refractivity contribution in [2.24, 2.45) is 0 Å². The molecule has 3 heteroatoms. The molecule has 0 unspecified atom stereocenters. The highest BCUT2D eigenvalue weighted by Crippen LogP contribution is 2.69. The molecule has 116 valence electrons. The van der Waals surface area contributed by atoms with Gasteiger partial charge in [0.1, 0.15) is 5.66 Å². The van der Waals surface area contributed by atoms with Crippen molar-refractivity contribution < 1.29 is 0 Å². The zero-order chi connectivity index (χ0) is 13.8. The van der Waals surface area contributed by atoms with Crippen molar-refractivity contribution in [3.05, 3.63) is 0 Å². The molecule has 20 heavy (non-hydrogen) atoms. The molecule has 1 saturated carbocycles. The van der Waals surface area contributed by atoms with E-state index in [-0.39, 0.29) is 0 Å². The molecular formula is C17H34N2P+. The van der Waals surface area contributed by atoms with Crippen LogP contribution < -0.4 is 0 Å². The van der Waals surface area contributed by atoms with E-state index in [1.807, 2.05) is 0 Å². The van der Waals surface area contributed by atoms with E-state index in [1.54, 1.807) is 0 Å². The van der Waals surface area contributed by atoms with Crippen LogP contribution in [0.1, 0.15) is 70.6 Å². The molecule has 3 aliphatic rings. The molecule has 3 rings (SSSR count). The maximum absolute atomic E-state index is 3.00. The minimum absolute atomic E-state index is 1.03. The summed E-state index contributed by atoms with van der Waals surface area (Å²) < 4.78 is 6.00. The molecule has 0 N–H and O–H groups in total. The number of hydrogen-bond acceptors (Lipinski definition) is 2. The van der Waals surface area contributed by atoms with Gasteiger partial charge >= 0.3 is 0 Å². The fraction of sp³-hybridized carbons (Fsp3) is 1.00. The Hall–Kier alpha value is 0.350. The molecule has 2 nitrogen and oxygen atoms in total. The van der Waals surface area contributed by atoms with Gasteiger partial charge in [0.25, 0.3) is 0 Å². The summed E-state index contributed by atoms with van der Waals surface area (Å²) >= 11 is 0. The predicted molar refractivity (Wildman–Crippen MR) is 90.6 cm³/mol. The molecule has 0 aromatic rings. The monoisotopic (exact) mass is 297 g/mol. The van der Waals surface area contributed by atoms with Crippen molar-refractivity contribution >= 4 is 7.56 Å². The molecule has 0 aromatic heterocycles. The van der Waals surface area contributed by atoms with Gasteiger partial charge < -0.3 is 0 Å². The minimum Gasteiger partial charge on any atom is -0.164 e. The third-order valence-corrected chi connectivity index (χ3v) is 11.1. The molecule has 2 heterocycles. The van der Waals surface area contributed by atoms with Crippen LogP contribution in [0, 0.1) is 0 Å². The van der Waals surface area contributed by atoms with Crippen LogP contribution in [0.4, 0.5) is 0 Å². The van der Waals surface area contributed by atoms with Crippen LogP contribution in [0.3, 0.4) is 0 Å². The summed E-state index contributed by atoms with van der Waals surface area (Å²) in [5, 5.41) is 0. The van der Waals surface area contributed by atoms with Crippen LogP contribution >= 0.6 is 7.56 Å². The van der Waals surface area contributed by atoms with Gasteiger partial charge in [0.15, 0.2) is 7.56 Å². The zero-order valence-electron chi connectivity index (χ0n) is 13.5. The van der Waals surface area contributed by atoms with Gasteiger partial charge in [0, 0.05) is 26.2 Å². The van der Waals surface area contributed by atoms with Gasteiger partial charge in [-0.15, -0.1) is 0 Å². The van der Waals surface area contributed by atoms with Gasteiger partial charge in [-0.1, -0.05) is 19.3 Å². The Morgan fingerprint density at radius 2 is 1.00 bits per heavy atom. The van der Waals surface area contributed by atoms with Crippen molar-refractivity contribution in [2.75, 3.05) is 32.8 Å². The van der Waals surface area contributed by atoms with E-state index in [1.165, 1.54) is 96.8 Å². The van der Waals surface area contributed by atoms with E-state index in [9.17, 15) is 0 Å². The van der Waals surface area contributed by atoms with E-state index in [4.69, 9.17) is 0 Å². The number of nitrogens with zero attached hydrogens (tertiary/aromatic N) is 2. The van der Waals surface area contributed by atoms with Crippen molar-refractivity contribution in [2.45, 2.75) is 76.3 Å². The predicted octanol–water partition coefficient (Wildman–Crippen LogP) is 4.77. The molecule has 2 saturated heterocycles. The first kappa shape index (κ1) is 15.3. The Morgan fingerprint density at radius 1 is 0.600 bits per heavy atom. The summed E-state index contributed by atoms with van der Waals surface area (Å²) in [7, 11) is -1.03. The third kappa shape index (κ3) is 3.08. The quantitative estimate of drug-likeness (QED) is 0.692. The topological polar surface area (TPSA) is 6.48 Å². The normalized spacial score (nSPS) is 28.6. The van der Waals surface area contributed by atoms with Crippen molar-refractivity contribution in [1.82, 2.24) is 9.34 Å². The van der Waals surface area contributed by atoms with Gasteiger partial charge in [-0.2, -0.15) is 9.34 Å². The molecule has 0 spiro atoms. The fourth-order valence-corrected chi connectivity index (χ4v) is 9.59. The molecule has 1 aliphatic carbocycles. The van der Waals surface area contributed by atoms with Gasteiger partial charge in [-0.25, -0.2) is 0 Å². The first-order valence-electron chi connectivity index (χ1n) is 9.19. The summed E-state index contributed by atoms with van der Waals surface area (Å²) in [6.07, 6.45) is 16.3. The molecule has 0 bridgehead atoms. The summed E-state index contributed by atoms with van der Waals surface area (Å²) in [6, 6.07) is 0. The molecule has 0 radical (unpaired) electrons. The Bertz CT molecular complexity index is 244. The van der Waals surface area contributed by atoms with Crippen molar-refractivity contribution in [3.63, 3.8) is 0 Å². The molecule has 2 aliphatic heterocycles. The van der Waals surface area contributed by atoms with Gasteiger partial charge in [0.2, 0.25) is 0 Å². The highest BCUT2D eigenvalue weighted by molar-refractivity contribution is 7.71. The lowest BCUT2D eigenvalue weighted by molar-refractivity contribution is 0.289. The van der Waals surface area contributed by atoms with E-state index in [2.05, 4.69) is 16.0 Å². The maximum Gasteiger partial charge on any atom is 0.152 e. The molecule has 3 fully saturated rings. The average molecular weight is 297 g/mol. The fourth-order valence-electron chi connectivity index (χ4n) is 4.78. The lowest BCUT2D eigenvalue weighted by Gasteiger charge is -2.48. The number of hydrogen-bond donors (Lipinski definition) is 0. The minimum atomic E-state index is -1.03. The summed E-state index contributed by atoms with van der Waals surface area (Å²) in [5.74, 6) is 0. The molecule has 0 aromatic carbocycles. The Labute approximate surface area is 126 Å². The van der Waals surface area contributed by atoms with Crippen molar-refractivity contribution in [1.29, 1.82) is 0 Å². The zero-order valence-corrected chi connectivity index (χ0v) is 14.4. The lowest BCUT2D eigenvalue weighted by Crippen LogP contribution is -2.45. The first-order chi connectivity index (χ1) is 9.82. The van der Waals surface area contributed by atoms with Crippen LogP contribution in [0.15, 0.2) is 0 Å². The second-order valence-electron chi connectivity index (χ2n) is 7.30. The second-order valence-corrected chi connectivity index (χ2v) is 11.1. The summed E-state index contributed by atoms with van der Waals surface area (Å²) in [5.41, 5.74) is 1.03. The smallest absolute Gasteiger partial charge is 0.152 e. The van der Waals surface area contributed by atoms with Gasteiger partial charge in [0.05, 0.1) is 6.66 Å². The average Bonchev–Trinajstić information content (AvgIpc) is 2.56. The first-order valence-corrected chi connectivity index (χ1v) is 11.4. The summed E-state index contributed by atoms with van der Waals surface area (Å²) in [4.78, 5) is 0. The van der Waals surface area contributed by atoms with E-state index < -0.39 is 7.56 Å². The molecule has 0 amide bonds. The highest BCUT2D eigenvalue weighted by Gasteiger charge is 2.52. The second kappa shape index (κ2) is 7.07. The molecule has 0 atom stereocenters. The van der Waals surface area contributed by atoms with Crippen LogP contribution in [-0.4, -0.2) is 47.8 Å². The third-order valence-electron chi connectivity index (χ3n) is 6.08. The van der Waals surface area contributed by atoms with Crippen LogP contribution in [-0.2, 0) is 0 Å². The van der Waals surface area contributed by atoms with E-state index in [0.29, 0.717) is 0 Å². The highest BCUT2D eigenvalue weighted by atomic mass is 31.2. The van der Waals surface area contributed by atoms with Gasteiger partial charge in [-0.05, 0) is 51.4 Å². The van der Waals surface area contributed by atoms with Crippen LogP contribution in [0.5, 0.6) is 0 Å².